The standard InChI is InChI=1S/C21H30N4O2S/c1-5-14-6-10-16(11-7-14)23-20-18(19(22)24-25-20)28(26,27)17-12-8-15(9-13-17)21(2,3)4/h6-13,18-20,23-25H,5,22H2,1-4H3. The van der Waals surface area contributed by atoms with Crippen LogP contribution in [-0.2, 0) is 21.7 Å². The third kappa shape index (κ3) is 4.22. The third-order valence-corrected chi connectivity index (χ3v) is 7.39. The molecule has 1 aliphatic heterocycles. The molecule has 28 heavy (non-hydrogen) atoms. The first-order chi connectivity index (χ1) is 13.1. The summed E-state index contributed by atoms with van der Waals surface area (Å²) in [5, 5.41) is 2.40. The summed E-state index contributed by atoms with van der Waals surface area (Å²) in [5.41, 5.74) is 15.1. The predicted molar refractivity (Wildman–Crippen MR) is 114 cm³/mol. The summed E-state index contributed by atoms with van der Waals surface area (Å²) in [7, 11) is -3.64. The second-order valence-electron chi connectivity index (χ2n) is 8.27. The lowest BCUT2D eigenvalue weighted by molar-refractivity contribution is 0.549. The van der Waals surface area contributed by atoms with Crippen LogP contribution in [-0.4, -0.2) is 26.0 Å². The highest BCUT2D eigenvalue weighted by Crippen LogP contribution is 2.27. The van der Waals surface area contributed by atoms with Crippen molar-refractivity contribution in [2.24, 2.45) is 5.73 Å². The Labute approximate surface area is 167 Å². The maximum absolute atomic E-state index is 13.3. The monoisotopic (exact) mass is 402 g/mol. The molecule has 7 heteroatoms. The molecule has 0 bridgehead atoms. The first-order valence-corrected chi connectivity index (χ1v) is 11.1. The van der Waals surface area contributed by atoms with E-state index in [2.05, 4.69) is 43.9 Å². The van der Waals surface area contributed by atoms with E-state index in [9.17, 15) is 8.42 Å². The molecule has 3 unspecified atom stereocenters. The van der Waals surface area contributed by atoms with Gasteiger partial charge in [-0.15, -0.1) is 0 Å². The number of nitrogens with two attached hydrogens (primary N) is 1. The van der Waals surface area contributed by atoms with Gasteiger partial charge in [0.25, 0.3) is 0 Å². The van der Waals surface area contributed by atoms with Crippen molar-refractivity contribution in [1.82, 2.24) is 10.9 Å². The molecule has 1 saturated heterocycles. The molecule has 3 atom stereocenters. The first kappa shape index (κ1) is 20.8. The Hall–Kier alpha value is -1.93. The SMILES string of the molecule is CCc1ccc(NC2NNC(N)C2S(=O)(=O)c2ccc(C(C)(C)C)cc2)cc1. The second-order valence-corrected chi connectivity index (χ2v) is 10.4. The number of rotatable bonds is 5. The van der Waals surface area contributed by atoms with Crippen LogP contribution in [0.1, 0.15) is 38.8 Å². The van der Waals surface area contributed by atoms with Crippen molar-refractivity contribution in [3.63, 3.8) is 0 Å². The van der Waals surface area contributed by atoms with Gasteiger partial charge in [0.05, 0.1) is 11.1 Å². The van der Waals surface area contributed by atoms with Crippen molar-refractivity contribution in [1.29, 1.82) is 0 Å². The minimum Gasteiger partial charge on any atom is -0.368 e. The number of hydrazine groups is 1. The van der Waals surface area contributed by atoms with E-state index in [1.54, 1.807) is 12.1 Å². The molecule has 1 aliphatic rings. The number of anilines is 1. The minimum absolute atomic E-state index is 0.0378. The van der Waals surface area contributed by atoms with E-state index in [0.29, 0.717) is 0 Å². The van der Waals surface area contributed by atoms with Gasteiger partial charge in [-0.25, -0.2) is 19.3 Å². The number of hydrogen-bond acceptors (Lipinski definition) is 6. The fraction of sp³-hybridized carbons (Fsp3) is 0.429. The van der Waals surface area contributed by atoms with Gasteiger partial charge in [0, 0.05) is 5.69 Å². The molecule has 0 amide bonds. The molecular weight excluding hydrogens is 372 g/mol. The normalized spacial score (nSPS) is 23.0. The van der Waals surface area contributed by atoms with Crippen LogP contribution in [0.25, 0.3) is 0 Å². The van der Waals surface area contributed by atoms with Crippen LogP contribution < -0.4 is 21.9 Å². The van der Waals surface area contributed by atoms with Gasteiger partial charge < -0.3 is 11.1 Å². The summed E-state index contributed by atoms with van der Waals surface area (Å²) in [6, 6.07) is 15.1. The highest BCUT2D eigenvalue weighted by atomic mass is 32.2. The van der Waals surface area contributed by atoms with Crippen molar-refractivity contribution in [3.8, 4) is 0 Å². The Morgan fingerprint density at radius 2 is 1.61 bits per heavy atom. The van der Waals surface area contributed by atoms with Gasteiger partial charge in [0.2, 0.25) is 0 Å². The van der Waals surface area contributed by atoms with Gasteiger partial charge in [-0.2, -0.15) is 0 Å². The molecule has 6 nitrogen and oxygen atoms in total. The molecule has 3 rings (SSSR count). The number of sulfone groups is 1. The average Bonchev–Trinajstić information content (AvgIpc) is 3.02. The largest absolute Gasteiger partial charge is 0.368 e. The molecule has 0 spiro atoms. The predicted octanol–water partition coefficient (Wildman–Crippen LogP) is 2.52. The van der Waals surface area contributed by atoms with Gasteiger partial charge >= 0.3 is 0 Å². The lowest BCUT2D eigenvalue weighted by atomic mass is 9.87. The summed E-state index contributed by atoms with van der Waals surface area (Å²) < 4.78 is 26.6. The van der Waals surface area contributed by atoms with Crippen LogP contribution in [0, 0.1) is 0 Å². The van der Waals surface area contributed by atoms with E-state index in [1.807, 2.05) is 36.4 Å². The lowest BCUT2D eigenvalue weighted by Crippen LogP contribution is -2.47. The third-order valence-electron chi connectivity index (χ3n) is 5.18. The fourth-order valence-electron chi connectivity index (χ4n) is 3.37. The molecule has 0 aromatic heterocycles. The van der Waals surface area contributed by atoms with Crippen molar-refractivity contribution >= 4 is 15.5 Å². The van der Waals surface area contributed by atoms with Crippen LogP contribution in [0.3, 0.4) is 0 Å². The maximum Gasteiger partial charge on any atom is 0.187 e. The van der Waals surface area contributed by atoms with E-state index in [1.165, 1.54) is 5.56 Å². The van der Waals surface area contributed by atoms with Crippen LogP contribution in [0.5, 0.6) is 0 Å². The van der Waals surface area contributed by atoms with Gasteiger partial charge in [-0.05, 0) is 47.2 Å². The molecule has 0 radical (unpaired) electrons. The zero-order valence-electron chi connectivity index (χ0n) is 16.9. The van der Waals surface area contributed by atoms with Crippen molar-refractivity contribution in [2.45, 2.75) is 62.0 Å². The summed E-state index contributed by atoms with van der Waals surface area (Å²) >= 11 is 0. The van der Waals surface area contributed by atoms with Crippen LogP contribution >= 0.6 is 0 Å². The van der Waals surface area contributed by atoms with Crippen LogP contribution in [0.2, 0.25) is 0 Å². The Balaban J connectivity index is 1.85. The molecule has 152 valence electrons. The van der Waals surface area contributed by atoms with Gasteiger partial charge in [-0.1, -0.05) is 52.0 Å². The molecule has 0 saturated carbocycles. The minimum atomic E-state index is -3.64. The first-order valence-electron chi connectivity index (χ1n) is 9.59. The van der Waals surface area contributed by atoms with E-state index >= 15 is 0 Å². The maximum atomic E-state index is 13.3. The molecule has 1 heterocycles. The number of aryl methyl sites for hydroxylation is 1. The zero-order chi connectivity index (χ0) is 20.5. The quantitative estimate of drug-likeness (QED) is 0.614. The summed E-state index contributed by atoms with van der Waals surface area (Å²) in [6.07, 6.45) is -0.315. The highest BCUT2D eigenvalue weighted by Gasteiger charge is 2.44. The fourth-order valence-corrected chi connectivity index (χ4v) is 5.14. The van der Waals surface area contributed by atoms with E-state index in [-0.39, 0.29) is 10.3 Å². The summed E-state index contributed by atoms with van der Waals surface area (Å²) in [6.45, 7) is 8.39. The van der Waals surface area contributed by atoms with E-state index in [4.69, 9.17) is 5.73 Å². The molecule has 2 aromatic rings. The van der Waals surface area contributed by atoms with Gasteiger partial charge in [-0.3, -0.25) is 0 Å². The van der Waals surface area contributed by atoms with Crippen molar-refractivity contribution < 1.29 is 8.42 Å². The number of nitrogens with one attached hydrogen (secondary N) is 3. The van der Waals surface area contributed by atoms with Crippen molar-refractivity contribution in [3.05, 3.63) is 59.7 Å². The number of hydrogen-bond donors (Lipinski definition) is 4. The molecule has 1 fully saturated rings. The zero-order valence-corrected chi connectivity index (χ0v) is 17.7. The summed E-state index contributed by atoms with van der Waals surface area (Å²) in [5.74, 6) is 0. The average molecular weight is 403 g/mol. The molecule has 5 N–H and O–H groups in total. The van der Waals surface area contributed by atoms with E-state index in [0.717, 1.165) is 17.7 Å². The highest BCUT2D eigenvalue weighted by molar-refractivity contribution is 7.92. The smallest absolute Gasteiger partial charge is 0.187 e. The Bertz CT molecular complexity index is 903. The topological polar surface area (TPSA) is 96.2 Å². The summed E-state index contributed by atoms with van der Waals surface area (Å²) in [4.78, 5) is 0.277. The Morgan fingerprint density at radius 3 is 2.14 bits per heavy atom. The molecule has 0 aliphatic carbocycles. The van der Waals surface area contributed by atoms with Crippen LogP contribution in [0.4, 0.5) is 5.69 Å². The molecular formula is C21H30N4O2S. The van der Waals surface area contributed by atoms with Gasteiger partial charge in [0.15, 0.2) is 9.84 Å². The number of benzene rings is 2. The molecule has 2 aromatic carbocycles. The Morgan fingerprint density at radius 1 is 1.00 bits per heavy atom. The Kier molecular flexibility index (Phi) is 5.82. The lowest BCUT2D eigenvalue weighted by Gasteiger charge is -2.24. The van der Waals surface area contributed by atoms with Gasteiger partial charge in [0.1, 0.15) is 11.4 Å². The van der Waals surface area contributed by atoms with Crippen LogP contribution in [0.15, 0.2) is 53.4 Å². The second kappa shape index (κ2) is 7.83. The van der Waals surface area contributed by atoms with E-state index < -0.39 is 27.4 Å². The van der Waals surface area contributed by atoms with Crippen molar-refractivity contribution in [2.75, 3.05) is 5.32 Å².